The van der Waals surface area contributed by atoms with E-state index in [1.165, 1.54) is 56.7 Å². The number of unbranched alkanes of at least 4 members (excludes halogenated alkanes) is 7. The fraction of sp³-hybridized carbons (Fsp3) is 0.588. The quantitative estimate of drug-likeness (QED) is 0.413. The highest BCUT2D eigenvalue weighted by atomic mass is 19.1. The van der Waals surface area contributed by atoms with E-state index in [0.29, 0.717) is 18.6 Å². The van der Waals surface area contributed by atoms with Crippen molar-refractivity contribution in [3.8, 4) is 5.75 Å². The number of hydrogen-bond acceptors (Lipinski definition) is 2. The van der Waals surface area contributed by atoms with Crippen LogP contribution in [0.4, 0.5) is 4.39 Å². The molecule has 1 aromatic rings. The molecule has 0 atom stereocenters. The van der Waals surface area contributed by atoms with Gasteiger partial charge in [0.1, 0.15) is 11.6 Å². The van der Waals surface area contributed by atoms with Gasteiger partial charge in [-0.05, 0) is 24.6 Å². The Bertz CT molecular complexity index is 391. The zero-order valence-corrected chi connectivity index (χ0v) is 12.4. The van der Waals surface area contributed by atoms with Crippen LogP contribution < -0.4 is 4.74 Å². The molecule has 0 amide bonds. The molecule has 0 aliphatic carbocycles. The van der Waals surface area contributed by atoms with Crippen molar-refractivity contribution in [1.82, 2.24) is 0 Å². The van der Waals surface area contributed by atoms with Gasteiger partial charge in [0.25, 0.3) is 0 Å². The first-order valence-corrected chi connectivity index (χ1v) is 7.65. The molecule has 0 saturated carbocycles. The molecule has 2 nitrogen and oxygen atoms in total. The van der Waals surface area contributed by atoms with Gasteiger partial charge in [-0.25, -0.2) is 4.39 Å². The maximum absolute atomic E-state index is 12.9. The van der Waals surface area contributed by atoms with Gasteiger partial charge >= 0.3 is 0 Å². The Morgan fingerprint density at radius 1 is 1.05 bits per heavy atom. The SMILES string of the molecule is CCCCCCCCCCOc1ccc(F)cc1C=O. The third kappa shape index (κ3) is 6.69. The Morgan fingerprint density at radius 2 is 1.70 bits per heavy atom. The van der Waals surface area contributed by atoms with Crippen LogP contribution in [0.25, 0.3) is 0 Å². The first-order chi connectivity index (χ1) is 9.77. The first-order valence-electron chi connectivity index (χ1n) is 7.65. The van der Waals surface area contributed by atoms with Gasteiger partial charge < -0.3 is 4.74 Å². The highest BCUT2D eigenvalue weighted by Gasteiger charge is 2.04. The molecule has 112 valence electrons. The van der Waals surface area contributed by atoms with Gasteiger partial charge in [0.05, 0.1) is 12.2 Å². The molecular formula is C17H25FO2. The van der Waals surface area contributed by atoms with E-state index in [-0.39, 0.29) is 5.56 Å². The van der Waals surface area contributed by atoms with Crippen molar-refractivity contribution < 1.29 is 13.9 Å². The average Bonchev–Trinajstić information content (AvgIpc) is 2.46. The molecule has 1 rings (SSSR count). The largest absolute Gasteiger partial charge is 0.493 e. The van der Waals surface area contributed by atoms with Gasteiger partial charge in [-0.15, -0.1) is 0 Å². The van der Waals surface area contributed by atoms with Crippen LogP contribution in [0, 0.1) is 5.82 Å². The fourth-order valence-corrected chi connectivity index (χ4v) is 2.16. The molecule has 0 fully saturated rings. The lowest BCUT2D eigenvalue weighted by Gasteiger charge is -2.08. The number of carbonyl (C=O) groups excluding carboxylic acids is 1. The second-order valence-corrected chi connectivity index (χ2v) is 5.12. The smallest absolute Gasteiger partial charge is 0.153 e. The molecule has 0 N–H and O–H groups in total. The predicted octanol–water partition coefficient (Wildman–Crippen LogP) is 5.16. The normalized spacial score (nSPS) is 10.5. The summed E-state index contributed by atoms with van der Waals surface area (Å²) in [6.45, 7) is 2.81. The van der Waals surface area contributed by atoms with Gasteiger partial charge in [0.2, 0.25) is 0 Å². The Morgan fingerprint density at radius 3 is 2.35 bits per heavy atom. The molecule has 1 aromatic carbocycles. The van der Waals surface area contributed by atoms with E-state index in [0.717, 1.165) is 12.8 Å². The van der Waals surface area contributed by atoms with Gasteiger partial charge in [-0.1, -0.05) is 51.9 Å². The lowest BCUT2D eigenvalue weighted by molar-refractivity contribution is 0.111. The average molecular weight is 280 g/mol. The highest BCUT2D eigenvalue weighted by molar-refractivity contribution is 5.79. The summed E-state index contributed by atoms with van der Waals surface area (Å²) in [6, 6.07) is 4.04. The molecule has 0 aliphatic rings. The summed E-state index contributed by atoms with van der Waals surface area (Å²) in [6.07, 6.45) is 10.5. The summed E-state index contributed by atoms with van der Waals surface area (Å²) < 4.78 is 18.5. The van der Waals surface area contributed by atoms with Crippen LogP contribution in [0.15, 0.2) is 18.2 Å². The second-order valence-electron chi connectivity index (χ2n) is 5.12. The van der Waals surface area contributed by atoms with Gasteiger partial charge in [-0.3, -0.25) is 4.79 Å². The number of ether oxygens (including phenoxy) is 1. The van der Waals surface area contributed by atoms with Crippen molar-refractivity contribution in [3.05, 3.63) is 29.6 Å². The number of benzene rings is 1. The fourth-order valence-electron chi connectivity index (χ4n) is 2.16. The van der Waals surface area contributed by atoms with E-state index in [9.17, 15) is 9.18 Å². The minimum Gasteiger partial charge on any atom is -0.493 e. The Hall–Kier alpha value is -1.38. The number of rotatable bonds is 11. The van der Waals surface area contributed by atoms with Gasteiger partial charge in [-0.2, -0.15) is 0 Å². The summed E-state index contributed by atoms with van der Waals surface area (Å²) >= 11 is 0. The summed E-state index contributed by atoms with van der Waals surface area (Å²) in [4.78, 5) is 10.8. The number of halogens is 1. The topological polar surface area (TPSA) is 26.3 Å². The maximum Gasteiger partial charge on any atom is 0.153 e. The number of aldehydes is 1. The second kappa shape index (κ2) is 10.4. The first kappa shape index (κ1) is 16.7. The van der Waals surface area contributed by atoms with E-state index in [1.807, 2.05) is 0 Å². The molecule has 0 heterocycles. The van der Waals surface area contributed by atoms with Crippen LogP contribution in [0.2, 0.25) is 0 Å². The molecule has 0 aliphatic heterocycles. The zero-order chi connectivity index (χ0) is 14.6. The summed E-state index contributed by atoms with van der Waals surface area (Å²) in [7, 11) is 0. The molecule has 0 aromatic heterocycles. The third-order valence-electron chi connectivity index (χ3n) is 3.35. The Balaban J connectivity index is 2.11. The predicted molar refractivity (Wildman–Crippen MR) is 79.9 cm³/mol. The highest BCUT2D eigenvalue weighted by Crippen LogP contribution is 2.18. The van der Waals surface area contributed by atoms with E-state index < -0.39 is 5.82 Å². The lowest BCUT2D eigenvalue weighted by atomic mass is 10.1. The van der Waals surface area contributed by atoms with E-state index >= 15 is 0 Å². The zero-order valence-electron chi connectivity index (χ0n) is 12.4. The monoisotopic (exact) mass is 280 g/mol. The van der Waals surface area contributed by atoms with Crippen molar-refractivity contribution in [2.45, 2.75) is 58.3 Å². The molecule has 0 spiro atoms. The van der Waals surface area contributed by atoms with Crippen LogP contribution in [0.5, 0.6) is 5.75 Å². The van der Waals surface area contributed by atoms with E-state index in [1.54, 1.807) is 0 Å². The van der Waals surface area contributed by atoms with Crippen LogP contribution in [0.3, 0.4) is 0 Å². The van der Waals surface area contributed by atoms with Crippen LogP contribution in [0.1, 0.15) is 68.6 Å². The maximum atomic E-state index is 12.9. The van der Waals surface area contributed by atoms with Crippen molar-refractivity contribution in [3.63, 3.8) is 0 Å². The van der Waals surface area contributed by atoms with E-state index in [4.69, 9.17) is 4.74 Å². The summed E-state index contributed by atoms with van der Waals surface area (Å²) in [5.74, 6) is 0.0656. The third-order valence-corrected chi connectivity index (χ3v) is 3.35. The Kier molecular flexibility index (Phi) is 8.68. The van der Waals surface area contributed by atoms with Crippen LogP contribution in [-0.4, -0.2) is 12.9 Å². The van der Waals surface area contributed by atoms with Gasteiger partial charge in [0.15, 0.2) is 6.29 Å². The summed E-state index contributed by atoms with van der Waals surface area (Å²) in [5.41, 5.74) is 0.282. The number of hydrogen-bond donors (Lipinski definition) is 0. The minimum atomic E-state index is -0.411. The summed E-state index contributed by atoms with van der Waals surface area (Å²) in [5, 5.41) is 0. The molecule has 20 heavy (non-hydrogen) atoms. The minimum absolute atomic E-state index is 0.282. The standard InChI is InChI=1S/C17H25FO2/c1-2-3-4-5-6-7-8-9-12-20-17-11-10-16(18)13-15(17)14-19/h10-11,13-14H,2-9,12H2,1H3. The van der Waals surface area contributed by atoms with Crippen molar-refractivity contribution in [2.75, 3.05) is 6.61 Å². The van der Waals surface area contributed by atoms with Crippen LogP contribution >= 0.6 is 0 Å². The molecule has 0 bridgehead atoms. The van der Waals surface area contributed by atoms with Crippen molar-refractivity contribution >= 4 is 6.29 Å². The Labute approximate surface area is 121 Å². The molecule has 0 saturated heterocycles. The molecule has 3 heteroatoms. The van der Waals surface area contributed by atoms with Crippen molar-refractivity contribution in [2.24, 2.45) is 0 Å². The van der Waals surface area contributed by atoms with Crippen LogP contribution in [-0.2, 0) is 0 Å². The molecule has 0 radical (unpaired) electrons. The van der Waals surface area contributed by atoms with E-state index in [2.05, 4.69) is 6.92 Å². The lowest BCUT2D eigenvalue weighted by Crippen LogP contribution is -2.00. The van der Waals surface area contributed by atoms with Crippen molar-refractivity contribution in [1.29, 1.82) is 0 Å². The molecule has 0 unspecified atom stereocenters. The number of carbonyl (C=O) groups is 1. The van der Waals surface area contributed by atoms with Gasteiger partial charge in [0, 0.05) is 0 Å². The molecular weight excluding hydrogens is 255 g/mol.